The molecule has 1 N–H and O–H groups in total. The zero-order valence-electron chi connectivity index (χ0n) is 11.4. The minimum absolute atomic E-state index is 0.145. The van der Waals surface area contributed by atoms with Crippen molar-refractivity contribution in [3.05, 3.63) is 28.8 Å². The second-order valence-corrected chi connectivity index (χ2v) is 7.27. The number of aliphatic hydroxyl groups is 1. The molecule has 1 aromatic rings. The van der Waals surface area contributed by atoms with E-state index in [0.717, 1.165) is 0 Å². The molecule has 0 aromatic heterocycles. The summed E-state index contributed by atoms with van der Waals surface area (Å²) in [4.78, 5) is 0.204. The minimum atomic E-state index is -3.65. The Kier molecular flexibility index (Phi) is 4.71. The van der Waals surface area contributed by atoms with E-state index < -0.39 is 16.1 Å². The van der Waals surface area contributed by atoms with Gasteiger partial charge in [0.15, 0.2) is 0 Å². The molecule has 2 atom stereocenters. The van der Waals surface area contributed by atoms with Crippen molar-refractivity contribution >= 4 is 21.6 Å². The van der Waals surface area contributed by atoms with Gasteiger partial charge in [-0.2, -0.15) is 4.31 Å². The van der Waals surface area contributed by atoms with E-state index in [0.29, 0.717) is 10.6 Å². The molecule has 1 aliphatic rings. The number of hydrogen-bond acceptors (Lipinski definition) is 4. The zero-order chi connectivity index (χ0) is 14.9. The molecule has 0 spiro atoms. The number of halogens is 1. The summed E-state index contributed by atoms with van der Waals surface area (Å²) >= 11 is 5.91. The van der Waals surface area contributed by atoms with Gasteiger partial charge in [-0.25, -0.2) is 8.42 Å². The van der Waals surface area contributed by atoms with Gasteiger partial charge in [0.05, 0.1) is 24.2 Å². The molecule has 1 aliphatic heterocycles. The molecule has 2 rings (SSSR count). The summed E-state index contributed by atoms with van der Waals surface area (Å²) in [6.07, 6.45) is -0.486. The summed E-state index contributed by atoms with van der Waals surface area (Å²) in [5.74, 6) is 0. The minimum Gasteiger partial charge on any atom is -0.394 e. The highest BCUT2D eigenvalue weighted by molar-refractivity contribution is 7.89. The van der Waals surface area contributed by atoms with Gasteiger partial charge in [-0.3, -0.25) is 0 Å². The Balaban J connectivity index is 2.40. The Labute approximate surface area is 124 Å². The van der Waals surface area contributed by atoms with Crippen LogP contribution in [0.5, 0.6) is 0 Å². The number of nitrogens with zero attached hydrogens (tertiary/aromatic N) is 1. The molecule has 0 amide bonds. The van der Waals surface area contributed by atoms with Gasteiger partial charge in [0.2, 0.25) is 10.0 Å². The van der Waals surface area contributed by atoms with Crippen molar-refractivity contribution in [1.82, 2.24) is 4.31 Å². The molecular formula is C13H18ClNO4S. The smallest absolute Gasteiger partial charge is 0.243 e. The maximum atomic E-state index is 12.8. The first-order chi connectivity index (χ1) is 9.36. The quantitative estimate of drug-likeness (QED) is 0.915. The Morgan fingerprint density at radius 2 is 2.20 bits per heavy atom. The second kappa shape index (κ2) is 5.99. The van der Waals surface area contributed by atoms with Crippen molar-refractivity contribution in [3.63, 3.8) is 0 Å². The molecule has 20 heavy (non-hydrogen) atoms. The van der Waals surface area contributed by atoms with Crippen LogP contribution >= 0.6 is 11.6 Å². The zero-order valence-corrected chi connectivity index (χ0v) is 13.0. The highest BCUT2D eigenvalue weighted by Gasteiger charge is 2.36. The number of ether oxygens (including phenoxy) is 1. The summed E-state index contributed by atoms with van der Waals surface area (Å²) in [7, 11) is -3.65. The van der Waals surface area contributed by atoms with Crippen LogP contribution in [0.15, 0.2) is 23.1 Å². The van der Waals surface area contributed by atoms with E-state index in [4.69, 9.17) is 21.4 Å². The summed E-state index contributed by atoms with van der Waals surface area (Å²) in [6, 6.07) is 4.53. The van der Waals surface area contributed by atoms with E-state index in [9.17, 15) is 8.42 Å². The molecule has 1 heterocycles. The van der Waals surface area contributed by atoms with Crippen LogP contribution in [0.25, 0.3) is 0 Å². The van der Waals surface area contributed by atoms with E-state index in [-0.39, 0.29) is 30.7 Å². The Bertz CT molecular complexity index is 590. The molecule has 0 radical (unpaired) electrons. The summed E-state index contributed by atoms with van der Waals surface area (Å²) in [5.41, 5.74) is 0.647. The van der Waals surface area contributed by atoms with Crippen LogP contribution in [0.4, 0.5) is 0 Å². The number of aryl methyl sites for hydroxylation is 1. The first-order valence-corrected chi connectivity index (χ1v) is 8.18. The van der Waals surface area contributed by atoms with Crippen LogP contribution in [0.2, 0.25) is 5.02 Å². The summed E-state index contributed by atoms with van der Waals surface area (Å²) in [5, 5.41) is 9.55. The van der Waals surface area contributed by atoms with Crippen molar-refractivity contribution in [2.45, 2.75) is 30.9 Å². The molecule has 1 fully saturated rings. The molecule has 7 heteroatoms. The molecule has 2 unspecified atom stereocenters. The topological polar surface area (TPSA) is 66.8 Å². The van der Waals surface area contributed by atoms with E-state index >= 15 is 0 Å². The maximum Gasteiger partial charge on any atom is 0.243 e. The molecule has 112 valence electrons. The lowest BCUT2D eigenvalue weighted by molar-refractivity contribution is -0.0516. The van der Waals surface area contributed by atoms with Gasteiger partial charge in [-0.1, -0.05) is 17.7 Å². The van der Waals surface area contributed by atoms with Crippen molar-refractivity contribution in [2.75, 3.05) is 19.8 Å². The molecule has 0 aliphatic carbocycles. The van der Waals surface area contributed by atoms with Gasteiger partial charge in [-0.15, -0.1) is 0 Å². The van der Waals surface area contributed by atoms with Gasteiger partial charge >= 0.3 is 0 Å². The number of aliphatic hydroxyl groups excluding tert-OH is 1. The van der Waals surface area contributed by atoms with Crippen LogP contribution in [-0.4, -0.2) is 49.7 Å². The second-order valence-electron chi connectivity index (χ2n) is 4.97. The van der Waals surface area contributed by atoms with E-state index in [2.05, 4.69) is 0 Å². The first kappa shape index (κ1) is 15.7. The monoisotopic (exact) mass is 319 g/mol. The van der Waals surface area contributed by atoms with Crippen LogP contribution in [0, 0.1) is 6.92 Å². The van der Waals surface area contributed by atoms with Crippen LogP contribution in [0.3, 0.4) is 0 Å². The Morgan fingerprint density at radius 1 is 1.50 bits per heavy atom. The number of benzene rings is 1. The Morgan fingerprint density at radius 3 is 2.85 bits per heavy atom. The number of sulfonamides is 1. The third-order valence-corrected chi connectivity index (χ3v) is 5.75. The molecule has 0 bridgehead atoms. The normalized spacial score (nSPS) is 24.8. The van der Waals surface area contributed by atoms with E-state index in [1.807, 2.05) is 0 Å². The van der Waals surface area contributed by atoms with Gasteiger partial charge in [0, 0.05) is 17.6 Å². The predicted molar refractivity (Wildman–Crippen MR) is 76.4 cm³/mol. The highest BCUT2D eigenvalue weighted by Crippen LogP contribution is 2.27. The van der Waals surface area contributed by atoms with Gasteiger partial charge in [-0.05, 0) is 31.5 Å². The highest BCUT2D eigenvalue weighted by atomic mass is 35.5. The largest absolute Gasteiger partial charge is 0.394 e. The van der Waals surface area contributed by atoms with Crippen LogP contribution in [0.1, 0.15) is 12.5 Å². The van der Waals surface area contributed by atoms with Gasteiger partial charge in [0.1, 0.15) is 0 Å². The lowest BCUT2D eigenvalue weighted by Gasteiger charge is -2.36. The van der Waals surface area contributed by atoms with Gasteiger partial charge < -0.3 is 9.84 Å². The number of rotatable bonds is 3. The fraction of sp³-hybridized carbons (Fsp3) is 0.538. The van der Waals surface area contributed by atoms with E-state index in [1.165, 1.54) is 10.4 Å². The van der Waals surface area contributed by atoms with Crippen LogP contribution in [-0.2, 0) is 14.8 Å². The predicted octanol–water partition coefficient (Wildman–Crippen LogP) is 1.42. The van der Waals surface area contributed by atoms with Crippen LogP contribution < -0.4 is 0 Å². The van der Waals surface area contributed by atoms with Crippen molar-refractivity contribution in [3.8, 4) is 0 Å². The lowest BCUT2D eigenvalue weighted by atomic mass is 10.2. The third kappa shape index (κ3) is 2.99. The maximum absolute atomic E-state index is 12.8. The SMILES string of the molecule is Cc1ccc(Cl)cc1S(=O)(=O)N1CC(CO)OCC1C. The number of morpholine rings is 1. The standard InChI is InChI=1S/C13H18ClNO4S/c1-9-3-4-11(14)5-13(9)20(17,18)15-6-12(7-16)19-8-10(15)2/h3-5,10,12,16H,6-8H2,1-2H3. The molecule has 1 saturated heterocycles. The van der Waals surface area contributed by atoms with Gasteiger partial charge in [0.25, 0.3) is 0 Å². The number of hydrogen-bond donors (Lipinski definition) is 1. The summed E-state index contributed by atoms with van der Waals surface area (Å²) in [6.45, 7) is 3.73. The fourth-order valence-corrected chi connectivity index (χ4v) is 4.35. The van der Waals surface area contributed by atoms with Crippen molar-refractivity contribution in [2.24, 2.45) is 0 Å². The van der Waals surface area contributed by atoms with Crippen molar-refractivity contribution in [1.29, 1.82) is 0 Å². The molecule has 5 nitrogen and oxygen atoms in total. The fourth-order valence-electron chi connectivity index (χ4n) is 2.22. The lowest BCUT2D eigenvalue weighted by Crippen LogP contribution is -2.51. The molecule has 0 saturated carbocycles. The van der Waals surface area contributed by atoms with Crippen molar-refractivity contribution < 1.29 is 18.3 Å². The third-order valence-electron chi connectivity index (χ3n) is 3.39. The van der Waals surface area contributed by atoms with E-state index in [1.54, 1.807) is 26.0 Å². The molecular weight excluding hydrogens is 302 g/mol. The Hall–Kier alpha value is -0.660. The summed E-state index contributed by atoms with van der Waals surface area (Å²) < 4.78 is 32.3. The average molecular weight is 320 g/mol. The first-order valence-electron chi connectivity index (χ1n) is 6.36. The average Bonchev–Trinajstić information content (AvgIpc) is 2.41. The molecule has 1 aromatic carbocycles.